The van der Waals surface area contributed by atoms with Gasteiger partial charge in [-0.05, 0) is 25.7 Å². The fraction of sp³-hybridized carbons (Fsp3) is 0.556. The summed E-state index contributed by atoms with van der Waals surface area (Å²) in [5.41, 5.74) is 7.35. The van der Waals surface area contributed by atoms with Gasteiger partial charge >= 0.3 is 0 Å². The van der Waals surface area contributed by atoms with Gasteiger partial charge in [-0.2, -0.15) is 4.98 Å². The molecule has 4 aliphatic rings. The normalized spacial score (nSPS) is 25.1. The summed E-state index contributed by atoms with van der Waals surface area (Å²) in [6, 6.07) is 2.45. The minimum absolute atomic E-state index is 0.272. The van der Waals surface area contributed by atoms with Gasteiger partial charge in [0.2, 0.25) is 11.9 Å². The van der Waals surface area contributed by atoms with Crippen molar-refractivity contribution in [2.24, 2.45) is 0 Å². The third-order valence-electron chi connectivity index (χ3n) is 5.54. The third kappa shape index (κ3) is 2.84. The van der Waals surface area contributed by atoms with Gasteiger partial charge in [-0.3, -0.25) is 0 Å². The van der Waals surface area contributed by atoms with Crippen LogP contribution in [0.4, 0.5) is 17.7 Å². The van der Waals surface area contributed by atoms with Crippen LogP contribution in [0.1, 0.15) is 25.7 Å². The van der Waals surface area contributed by atoms with E-state index in [9.17, 15) is 0 Å². The Morgan fingerprint density at radius 1 is 1.08 bits per heavy atom. The Morgan fingerprint density at radius 2 is 1.88 bits per heavy atom. The van der Waals surface area contributed by atoms with Crippen LogP contribution < -0.4 is 15.5 Å². The van der Waals surface area contributed by atoms with Crippen LogP contribution in [-0.2, 0) is 4.74 Å². The molecule has 4 saturated heterocycles. The number of morpholine rings is 1. The largest absolute Gasteiger partial charge is 0.374 e. The molecule has 6 rings (SSSR count). The fourth-order valence-electron chi connectivity index (χ4n) is 4.08. The number of aromatic nitrogens is 4. The minimum atomic E-state index is 0.272. The summed E-state index contributed by atoms with van der Waals surface area (Å²) < 4.78 is 5.86. The molecule has 0 aromatic carbocycles. The summed E-state index contributed by atoms with van der Waals surface area (Å²) in [5, 5.41) is 0. The van der Waals surface area contributed by atoms with Gasteiger partial charge in [0.05, 0.1) is 24.4 Å². The van der Waals surface area contributed by atoms with Crippen LogP contribution >= 0.6 is 0 Å². The zero-order valence-electron chi connectivity index (χ0n) is 14.7. The molecule has 0 unspecified atom stereocenters. The molecular weight excluding hydrogens is 330 g/mol. The monoisotopic (exact) mass is 353 g/mol. The van der Waals surface area contributed by atoms with Crippen molar-refractivity contribution in [3.63, 3.8) is 0 Å². The minimum Gasteiger partial charge on any atom is -0.374 e. The van der Waals surface area contributed by atoms with Crippen molar-refractivity contribution in [2.75, 3.05) is 41.8 Å². The quantitative estimate of drug-likeness (QED) is 0.887. The average Bonchev–Trinajstić information content (AvgIpc) is 3.24. The number of rotatable bonds is 3. The number of nitrogens with zero attached hydrogens (tertiary/aromatic N) is 6. The standard InChI is InChI=1S/C18H23N7O/c19-17-20-8-12(9-21-17)15-7-16(23-18(22-15)24-5-1-2-6-24)25-10-14-4-3-13(25)11-26-14/h7-9,13-14H,1-6,10-11H2,(H2,19,20,21)/t13-,14-/m0/s1. The lowest BCUT2D eigenvalue weighted by Gasteiger charge is -2.45. The molecule has 2 aromatic heterocycles. The van der Waals surface area contributed by atoms with E-state index >= 15 is 0 Å². The van der Waals surface area contributed by atoms with E-state index in [1.165, 1.54) is 12.8 Å². The number of nitrogen functional groups attached to an aromatic ring is 1. The van der Waals surface area contributed by atoms with Gasteiger partial charge in [-0.25, -0.2) is 15.0 Å². The molecule has 136 valence electrons. The van der Waals surface area contributed by atoms with E-state index in [-0.39, 0.29) is 5.95 Å². The van der Waals surface area contributed by atoms with Gasteiger partial charge in [0, 0.05) is 43.7 Å². The third-order valence-corrected chi connectivity index (χ3v) is 5.54. The maximum Gasteiger partial charge on any atom is 0.227 e. The summed E-state index contributed by atoms with van der Waals surface area (Å²) in [4.78, 5) is 22.6. The molecule has 2 atom stereocenters. The zero-order chi connectivity index (χ0) is 17.5. The Balaban J connectivity index is 1.56. The first kappa shape index (κ1) is 15.7. The van der Waals surface area contributed by atoms with Gasteiger partial charge in [0.1, 0.15) is 5.82 Å². The highest BCUT2D eigenvalue weighted by atomic mass is 16.5. The van der Waals surface area contributed by atoms with Gasteiger partial charge in [0.25, 0.3) is 0 Å². The summed E-state index contributed by atoms with van der Waals surface area (Å²) in [6.07, 6.45) is 8.46. The van der Waals surface area contributed by atoms with Crippen molar-refractivity contribution in [3.8, 4) is 11.3 Å². The molecule has 2 N–H and O–H groups in total. The molecule has 8 nitrogen and oxygen atoms in total. The highest BCUT2D eigenvalue weighted by Gasteiger charge is 2.36. The molecule has 8 heteroatoms. The molecule has 0 aliphatic carbocycles. The number of hydrogen-bond acceptors (Lipinski definition) is 8. The second kappa shape index (κ2) is 6.35. The summed E-state index contributed by atoms with van der Waals surface area (Å²) >= 11 is 0. The molecule has 2 bridgehead atoms. The van der Waals surface area contributed by atoms with Gasteiger partial charge in [-0.1, -0.05) is 0 Å². The lowest BCUT2D eigenvalue weighted by Crippen LogP contribution is -2.55. The Labute approximate surface area is 152 Å². The number of anilines is 3. The van der Waals surface area contributed by atoms with Gasteiger partial charge in [0.15, 0.2) is 0 Å². The Bertz CT molecular complexity index is 783. The smallest absolute Gasteiger partial charge is 0.227 e. The van der Waals surface area contributed by atoms with Crippen molar-refractivity contribution >= 4 is 17.7 Å². The SMILES string of the molecule is Nc1ncc(-c2cc(N3C[C@@H]4CC[C@H]3CO4)nc(N3CCCC3)n2)cn1. The molecule has 2 aromatic rings. The topological polar surface area (TPSA) is 93.3 Å². The summed E-state index contributed by atoms with van der Waals surface area (Å²) in [7, 11) is 0. The van der Waals surface area contributed by atoms with Crippen LogP contribution in [0.5, 0.6) is 0 Å². The van der Waals surface area contributed by atoms with Gasteiger partial charge in [-0.15, -0.1) is 0 Å². The number of fused-ring (bicyclic) bond motifs is 3. The Morgan fingerprint density at radius 3 is 2.54 bits per heavy atom. The lowest BCUT2D eigenvalue weighted by molar-refractivity contribution is -0.0228. The molecule has 6 heterocycles. The van der Waals surface area contributed by atoms with Crippen molar-refractivity contribution in [1.82, 2.24) is 19.9 Å². The predicted molar refractivity (Wildman–Crippen MR) is 99.0 cm³/mol. The predicted octanol–water partition coefficient (Wildman–Crippen LogP) is 1.48. The van der Waals surface area contributed by atoms with Crippen LogP contribution in [0.15, 0.2) is 18.5 Å². The maximum absolute atomic E-state index is 5.86. The van der Waals surface area contributed by atoms with Crippen LogP contribution in [0.3, 0.4) is 0 Å². The highest BCUT2D eigenvalue weighted by molar-refractivity contribution is 5.64. The molecule has 4 aliphatic heterocycles. The zero-order valence-corrected chi connectivity index (χ0v) is 14.7. The number of nitrogens with two attached hydrogens (primary N) is 1. The van der Waals surface area contributed by atoms with Crippen molar-refractivity contribution in [1.29, 1.82) is 0 Å². The number of piperidine rings is 1. The van der Waals surface area contributed by atoms with E-state index in [2.05, 4.69) is 25.8 Å². The highest BCUT2D eigenvalue weighted by Crippen LogP contribution is 2.33. The van der Waals surface area contributed by atoms with Crippen LogP contribution in [0, 0.1) is 0 Å². The molecule has 4 fully saturated rings. The van der Waals surface area contributed by atoms with Crippen molar-refractivity contribution < 1.29 is 4.74 Å². The van der Waals surface area contributed by atoms with Crippen LogP contribution in [-0.4, -0.2) is 58.3 Å². The van der Waals surface area contributed by atoms with E-state index in [1.54, 1.807) is 12.4 Å². The average molecular weight is 353 g/mol. The first-order chi connectivity index (χ1) is 12.8. The molecule has 0 saturated carbocycles. The van der Waals surface area contributed by atoms with E-state index in [0.717, 1.165) is 62.1 Å². The molecule has 0 spiro atoms. The van der Waals surface area contributed by atoms with E-state index in [1.807, 2.05) is 0 Å². The first-order valence-corrected chi connectivity index (χ1v) is 9.36. The van der Waals surface area contributed by atoms with Crippen molar-refractivity contribution in [3.05, 3.63) is 18.5 Å². The summed E-state index contributed by atoms with van der Waals surface area (Å²) in [5.74, 6) is 2.05. The van der Waals surface area contributed by atoms with Crippen LogP contribution in [0.25, 0.3) is 11.3 Å². The number of ether oxygens (including phenoxy) is 1. The lowest BCUT2D eigenvalue weighted by atomic mass is 9.97. The maximum atomic E-state index is 5.86. The fourth-order valence-corrected chi connectivity index (χ4v) is 4.08. The second-order valence-electron chi connectivity index (χ2n) is 7.27. The molecule has 0 radical (unpaired) electrons. The van der Waals surface area contributed by atoms with E-state index in [0.29, 0.717) is 12.1 Å². The van der Waals surface area contributed by atoms with E-state index < -0.39 is 0 Å². The summed E-state index contributed by atoms with van der Waals surface area (Å²) in [6.45, 7) is 3.71. The van der Waals surface area contributed by atoms with E-state index in [4.69, 9.17) is 20.4 Å². The van der Waals surface area contributed by atoms with Crippen LogP contribution in [0.2, 0.25) is 0 Å². The Hall–Kier alpha value is -2.48. The first-order valence-electron chi connectivity index (χ1n) is 9.36. The Kier molecular flexibility index (Phi) is 3.85. The molecule has 26 heavy (non-hydrogen) atoms. The van der Waals surface area contributed by atoms with Crippen molar-refractivity contribution in [2.45, 2.75) is 37.8 Å². The van der Waals surface area contributed by atoms with Gasteiger partial charge < -0.3 is 20.3 Å². The number of hydrogen-bond donors (Lipinski definition) is 1. The molecular formula is C18H23N7O. The second-order valence-corrected chi connectivity index (χ2v) is 7.27. The molecule has 0 amide bonds.